The Morgan fingerprint density at radius 2 is 1.95 bits per heavy atom. The van der Waals surface area contributed by atoms with Crippen molar-refractivity contribution in [2.75, 3.05) is 5.73 Å². The van der Waals surface area contributed by atoms with Gasteiger partial charge in [-0.05, 0) is 40.2 Å². The van der Waals surface area contributed by atoms with Gasteiger partial charge in [0.2, 0.25) is 0 Å². The largest absolute Gasteiger partial charge is 0.383 e. The van der Waals surface area contributed by atoms with Gasteiger partial charge in [0, 0.05) is 14.3 Å². The molecule has 0 saturated carbocycles. The van der Waals surface area contributed by atoms with Crippen LogP contribution in [0, 0.1) is 0 Å². The summed E-state index contributed by atoms with van der Waals surface area (Å²) < 4.78 is 2.50. The van der Waals surface area contributed by atoms with Crippen LogP contribution in [0.25, 0.3) is 21.6 Å². The van der Waals surface area contributed by atoms with Crippen LogP contribution in [0.3, 0.4) is 0 Å². The highest BCUT2D eigenvalue weighted by molar-refractivity contribution is 9.11. The lowest BCUT2D eigenvalue weighted by atomic mass is 10.2. The Kier molecular flexibility index (Phi) is 3.51. The first-order chi connectivity index (χ1) is 9.04. The highest BCUT2D eigenvalue weighted by Gasteiger charge is 2.12. The highest BCUT2D eigenvalue weighted by atomic mass is 79.9. The van der Waals surface area contributed by atoms with E-state index in [1.165, 1.54) is 11.3 Å². The molecule has 3 nitrogen and oxygen atoms in total. The third-order valence-corrected chi connectivity index (χ3v) is 4.83. The summed E-state index contributed by atoms with van der Waals surface area (Å²) in [5.74, 6) is 1.04. The Balaban J connectivity index is 2.30. The molecule has 1 aromatic carbocycles. The standard InChI is InChI=1S/C12H6Br2ClN3S/c13-5-3-6-10(7(14)4-5)17-12(18-11(6)16)8-1-2-9(15)19-8/h1-4H,(H2,16,17,18). The summed E-state index contributed by atoms with van der Waals surface area (Å²) in [7, 11) is 0. The molecule has 2 N–H and O–H groups in total. The molecule has 19 heavy (non-hydrogen) atoms. The zero-order chi connectivity index (χ0) is 13.6. The van der Waals surface area contributed by atoms with Crippen LogP contribution >= 0.6 is 54.8 Å². The number of halogens is 3. The zero-order valence-electron chi connectivity index (χ0n) is 9.32. The number of thiophene rings is 1. The van der Waals surface area contributed by atoms with Gasteiger partial charge in [-0.3, -0.25) is 0 Å². The quantitative estimate of drug-likeness (QED) is 0.596. The van der Waals surface area contributed by atoms with Crippen molar-refractivity contribution in [3.63, 3.8) is 0 Å². The van der Waals surface area contributed by atoms with Gasteiger partial charge >= 0.3 is 0 Å². The Labute approximate surface area is 135 Å². The van der Waals surface area contributed by atoms with Gasteiger partial charge in [0.1, 0.15) is 5.82 Å². The molecule has 0 bridgehead atoms. The smallest absolute Gasteiger partial charge is 0.172 e. The van der Waals surface area contributed by atoms with E-state index in [9.17, 15) is 0 Å². The Bertz CT molecular complexity index is 788. The third kappa shape index (κ3) is 2.50. The zero-order valence-corrected chi connectivity index (χ0v) is 14.1. The van der Waals surface area contributed by atoms with Crippen LogP contribution in [0.1, 0.15) is 0 Å². The number of nitrogen functional groups attached to an aromatic ring is 1. The summed E-state index contributed by atoms with van der Waals surface area (Å²) in [6.07, 6.45) is 0. The molecule has 0 aliphatic rings. The number of nitrogens with zero attached hydrogens (tertiary/aromatic N) is 2. The summed E-state index contributed by atoms with van der Waals surface area (Å²) in [5.41, 5.74) is 6.81. The number of hydrogen-bond donors (Lipinski definition) is 1. The van der Waals surface area contributed by atoms with E-state index in [1.807, 2.05) is 24.3 Å². The van der Waals surface area contributed by atoms with Crippen molar-refractivity contribution in [1.29, 1.82) is 0 Å². The Morgan fingerprint density at radius 1 is 1.16 bits per heavy atom. The molecule has 7 heteroatoms. The minimum Gasteiger partial charge on any atom is -0.383 e. The van der Waals surface area contributed by atoms with E-state index >= 15 is 0 Å². The second-order valence-electron chi connectivity index (χ2n) is 3.82. The van der Waals surface area contributed by atoms with Crippen LogP contribution in [0.2, 0.25) is 4.34 Å². The molecular formula is C12H6Br2ClN3S. The topological polar surface area (TPSA) is 51.8 Å². The van der Waals surface area contributed by atoms with Gasteiger partial charge in [0.25, 0.3) is 0 Å². The fraction of sp³-hybridized carbons (Fsp3) is 0. The monoisotopic (exact) mass is 417 g/mol. The third-order valence-electron chi connectivity index (χ3n) is 2.54. The maximum absolute atomic E-state index is 6.02. The van der Waals surface area contributed by atoms with Crippen molar-refractivity contribution in [2.45, 2.75) is 0 Å². The molecule has 0 atom stereocenters. The van der Waals surface area contributed by atoms with Crippen LogP contribution in [0.5, 0.6) is 0 Å². The van der Waals surface area contributed by atoms with Gasteiger partial charge in [-0.25, -0.2) is 9.97 Å². The molecule has 3 aromatic rings. The maximum atomic E-state index is 6.02. The number of hydrogen-bond acceptors (Lipinski definition) is 4. The molecule has 0 aliphatic carbocycles. The van der Waals surface area contributed by atoms with Gasteiger partial charge in [0.15, 0.2) is 5.82 Å². The molecule has 2 heterocycles. The van der Waals surface area contributed by atoms with E-state index in [1.54, 1.807) is 0 Å². The molecule has 3 rings (SSSR count). The van der Waals surface area contributed by atoms with Gasteiger partial charge in [-0.2, -0.15) is 0 Å². The van der Waals surface area contributed by atoms with Crippen molar-refractivity contribution in [1.82, 2.24) is 9.97 Å². The minimum absolute atomic E-state index is 0.450. The first-order valence-electron chi connectivity index (χ1n) is 5.22. The highest BCUT2D eigenvalue weighted by Crippen LogP contribution is 2.34. The van der Waals surface area contributed by atoms with Crippen LogP contribution in [-0.2, 0) is 0 Å². The number of aromatic nitrogens is 2. The molecule has 0 amide bonds. The first-order valence-corrected chi connectivity index (χ1v) is 8.00. The number of fused-ring (bicyclic) bond motifs is 1. The maximum Gasteiger partial charge on any atom is 0.172 e. The minimum atomic E-state index is 0.450. The Morgan fingerprint density at radius 3 is 2.63 bits per heavy atom. The van der Waals surface area contributed by atoms with Crippen LogP contribution < -0.4 is 5.73 Å². The van der Waals surface area contributed by atoms with Crippen molar-refractivity contribution < 1.29 is 0 Å². The molecule has 0 spiro atoms. The van der Waals surface area contributed by atoms with E-state index in [4.69, 9.17) is 17.3 Å². The van der Waals surface area contributed by atoms with E-state index < -0.39 is 0 Å². The van der Waals surface area contributed by atoms with Crippen LogP contribution in [-0.4, -0.2) is 9.97 Å². The molecule has 96 valence electrons. The lowest BCUT2D eigenvalue weighted by Gasteiger charge is -2.06. The lowest BCUT2D eigenvalue weighted by Crippen LogP contribution is -1.97. The fourth-order valence-electron chi connectivity index (χ4n) is 1.72. The molecule has 2 aromatic heterocycles. The van der Waals surface area contributed by atoms with Crippen molar-refractivity contribution in [2.24, 2.45) is 0 Å². The van der Waals surface area contributed by atoms with Gasteiger partial charge in [0.05, 0.1) is 14.7 Å². The van der Waals surface area contributed by atoms with Gasteiger partial charge in [-0.15, -0.1) is 11.3 Å². The molecule has 0 radical (unpaired) electrons. The fourth-order valence-corrected chi connectivity index (χ4v) is 4.02. The van der Waals surface area contributed by atoms with Crippen molar-refractivity contribution >= 4 is 71.5 Å². The molecule has 0 saturated heterocycles. The molecule has 0 aliphatic heterocycles. The number of benzene rings is 1. The second-order valence-corrected chi connectivity index (χ2v) is 7.31. The number of rotatable bonds is 1. The van der Waals surface area contributed by atoms with E-state index in [0.29, 0.717) is 16.0 Å². The predicted octanol–water partition coefficient (Wildman–Crippen LogP) is 5.12. The van der Waals surface area contributed by atoms with Crippen LogP contribution in [0.15, 0.2) is 33.2 Å². The van der Waals surface area contributed by atoms with Gasteiger partial charge < -0.3 is 5.73 Å². The number of anilines is 1. The van der Waals surface area contributed by atoms with Gasteiger partial charge in [-0.1, -0.05) is 27.5 Å². The summed E-state index contributed by atoms with van der Waals surface area (Å²) in [6.45, 7) is 0. The lowest BCUT2D eigenvalue weighted by molar-refractivity contribution is 1.24. The summed E-state index contributed by atoms with van der Waals surface area (Å²) >= 11 is 14.3. The second kappa shape index (κ2) is 5.01. The van der Waals surface area contributed by atoms with Crippen molar-refractivity contribution in [3.8, 4) is 10.7 Å². The Hall–Kier alpha value is -0.690. The van der Waals surface area contributed by atoms with E-state index in [0.717, 1.165) is 24.7 Å². The SMILES string of the molecule is Nc1nc(-c2ccc(Cl)s2)nc2c(Br)cc(Br)cc12. The summed E-state index contributed by atoms with van der Waals surface area (Å²) in [4.78, 5) is 9.79. The molecule has 0 fully saturated rings. The first kappa shape index (κ1) is 13.3. The predicted molar refractivity (Wildman–Crippen MR) is 87.7 cm³/mol. The molecular weight excluding hydrogens is 413 g/mol. The van der Waals surface area contributed by atoms with Crippen molar-refractivity contribution in [3.05, 3.63) is 37.5 Å². The molecule has 0 unspecified atom stereocenters. The van der Waals surface area contributed by atoms with Crippen LogP contribution in [0.4, 0.5) is 5.82 Å². The normalized spacial score (nSPS) is 11.1. The van der Waals surface area contributed by atoms with E-state index in [-0.39, 0.29) is 0 Å². The summed E-state index contributed by atoms with van der Waals surface area (Å²) in [6, 6.07) is 7.54. The average molecular weight is 420 g/mol. The average Bonchev–Trinajstić information content (AvgIpc) is 2.77. The summed E-state index contributed by atoms with van der Waals surface area (Å²) in [5, 5.41) is 0.813. The van der Waals surface area contributed by atoms with E-state index in [2.05, 4.69) is 41.8 Å². The number of nitrogens with two attached hydrogens (primary N) is 1.